The van der Waals surface area contributed by atoms with Gasteiger partial charge in [0.2, 0.25) is 11.6 Å². The van der Waals surface area contributed by atoms with Crippen molar-refractivity contribution in [3.8, 4) is 0 Å². The Labute approximate surface area is 155 Å². The molecule has 0 bridgehead atoms. The van der Waals surface area contributed by atoms with Crippen molar-refractivity contribution >= 4 is 34.6 Å². The van der Waals surface area contributed by atoms with Crippen molar-refractivity contribution in [2.24, 2.45) is 0 Å². The molecule has 3 rings (SSSR count). The number of halogens is 1. The number of aryl methyl sites for hydroxylation is 1. The monoisotopic (exact) mass is 369 g/mol. The van der Waals surface area contributed by atoms with Gasteiger partial charge in [-0.05, 0) is 36.8 Å². The second-order valence-electron chi connectivity index (χ2n) is 5.65. The third kappa shape index (κ3) is 4.25. The van der Waals surface area contributed by atoms with Crippen LogP contribution in [-0.2, 0) is 6.54 Å². The van der Waals surface area contributed by atoms with Gasteiger partial charge < -0.3 is 10.6 Å². The molecule has 1 aromatic heterocycles. The summed E-state index contributed by atoms with van der Waals surface area (Å²) in [7, 11) is 0. The molecule has 3 aromatic rings. The smallest absolute Gasteiger partial charge is 0.353 e. The quantitative estimate of drug-likeness (QED) is 0.483. The maximum absolute atomic E-state index is 11.6. The minimum atomic E-state index is -0.504. The van der Waals surface area contributed by atoms with Crippen molar-refractivity contribution in [1.82, 2.24) is 9.97 Å². The van der Waals surface area contributed by atoms with Crippen LogP contribution in [0.3, 0.4) is 0 Å². The summed E-state index contributed by atoms with van der Waals surface area (Å²) in [5.41, 5.74) is 2.57. The summed E-state index contributed by atoms with van der Waals surface area (Å²) in [6.45, 7) is 2.42. The average Bonchev–Trinajstić information content (AvgIpc) is 2.63. The van der Waals surface area contributed by atoms with Crippen LogP contribution in [0.15, 0.2) is 54.9 Å². The predicted molar refractivity (Wildman–Crippen MR) is 102 cm³/mol. The fourth-order valence-corrected chi connectivity index (χ4v) is 2.46. The SMILES string of the molecule is Cc1ccc(CNc2ncnc(Nc3ccc(Cl)cc3)c2[N+](=O)[O-])cc1. The molecular weight excluding hydrogens is 354 g/mol. The lowest BCUT2D eigenvalue weighted by molar-refractivity contribution is -0.383. The Morgan fingerprint density at radius 2 is 1.69 bits per heavy atom. The van der Waals surface area contributed by atoms with Gasteiger partial charge in [0.15, 0.2) is 0 Å². The molecule has 0 spiro atoms. The lowest BCUT2D eigenvalue weighted by Gasteiger charge is -2.10. The topological polar surface area (TPSA) is 93.0 Å². The number of nitrogens with one attached hydrogen (secondary N) is 2. The molecule has 0 aliphatic rings. The molecule has 2 N–H and O–H groups in total. The fourth-order valence-electron chi connectivity index (χ4n) is 2.33. The van der Waals surface area contributed by atoms with Crippen molar-refractivity contribution in [2.75, 3.05) is 10.6 Å². The molecule has 132 valence electrons. The maximum Gasteiger partial charge on any atom is 0.353 e. The van der Waals surface area contributed by atoms with Crippen LogP contribution < -0.4 is 10.6 Å². The molecule has 0 aliphatic carbocycles. The second kappa shape index (κ2) is 7.79. The molecule has 0 amide bonds. The standard InChI is InChI=1S/C18H16ClN5O2/c1-12-2-4-13(5-3-12)10-20-17-16(24(25)26)18(22-11-21-17)23-15-8-6-14(19)7-9-15/h2-9,11H,10H2,1H3,(H2,20,21,22,23). The van der Waals surface area contributed by atoms with Crippen LogP contribution in [0.4, 0.5) is 23.0 Å². The van der Waals surface area contributed by atoms with Gasteiger partial charge in [-0.25, -0.2) is 9.97 Å². The largest absolute Gasteiger partial charge is 0.360 e. The van der Waals surface area contributed by atoms with E-state index in [0.29, 0.717) is 17.3 Å². The van der Waals surface area contributed by atoms with Gasteiger partial charge in [-0.15, -0.1) is 0 Å². The third-order valence-electron chi connectivity index (χ3n) is 3.69. The van der Waals surface area contributed by atoms with Crippen molar-refractivity contribution in [3.05, 3.63) is 81.1 Å². The van der Waals surface area contributed by atoms with Gasteiger partial charge >= 0.3 is 5.69 Å². The summed E-state index contributed by atoms with van der Waals surface area (Å²) in [6.07, 6.45) is 1.28. The molecule has 26 heavy (non-hydrogen) atoms. The van der Waals surface area contributed by atoms with Gasteiger partial charge in [-0.3, -0.25) is 10.1 Å². The summed E-state index contributed by atoms with van der Waals surface area (Å²) in [4.78, 5) is 19.1. The van der Waals surface area contributed by atoms with E-state index in [2.05, 4.69) is 20.6 Å². The number of anilines is 3. The van der Waals surface area contributed by atoms with Crippen LogP contribution in [0.5, 0.6) is 0 Å². The molecule has 8 heteroatoms. The zero-order chi connectivity index (χ0) is 18.5. The van der Waals surface area contributed by atoms with Gasteiger partial charge in [0.1, 0.15) is 6.33 Å². The molecular formula is C18H16ClN5O2. The number of hydrogen-bond donors (Lipinski definition) is 2. The summed E-state index contributed by atoms with van der Waals surface area (Å²) in [5.74, 6) is 0.265. The molecule has 0 unspecified atom stereocenters. The van der Waals surface area contributed by atoms with Gasteiger partial charge in [0.05, 0.1) is 4.92 Å². The minimum absolute atomic E-state index is 0.110. The van der Waals surface area contributed by atoms with E-state index >= 15 is 0 Å². The normalized spacial score (nSPS) is 10.4. The molecule has 0 saturated heterocycles. The van der Waals surface area contributed by atoms with Gasteiger partial charge in [-0.2, -0.15) is 0 Å². The molecule has 0 fully saturated rings. The Bertz CT molecular complexity index is 914. The highest BCUT2D eigenvalue weighted by atomic mass is 35.5. The number of nitrogens with zero attached hydrogens (tertiary/aromatic N) is 3. The first-order valence-electron chi connectivity index (χ1n) is 7.84. The Kier molecular flexibility index (Phi) is 5.28. The van der Waals surface area contributed by atoms with Crippen LogP contribution in [0.25, 0.3) is 0 Å². The zero-order valence-corrected chi connectivity index (χ0v) is 14.7. The Morgan fingerprint density at radius 1 is 1.04 bits per heavy atom. The summed E-state index contributed by atoms with van der Waals surface area (Å²) in [6, 6.07) is 14.7. The Balaban J connectivity index is 1.84. The molecule has 0 saturated carbocycles. The predicted octanol–water partition coefficient (Wildman–Crippen LogP) is 4.70. The highest BCUT2D eigenvalue weighted by Crippen LogP contribution is 2.31. The fraction of sp³-hybridized carbons (Fsp3) is 0.111. The number of rotatable bonds is 6. The first kappa shape index (κ1) is 17.6. The van der Waals surface area contributed by atoms with Crippen molar-refractivity contribution in [2.45, 2.75) is 13.5 Å². The zero-order valence-electron chi connectivity index (χ0n) is 13.9. The molecule has 2 aromatic carbocycles. The number of aromatic nitrogens is 2. The third-order valence-corrected chi connectivity index (χ3v) is 3.94. The lowest BCUT2D eigenvalue weighted by Crippen LogP contribution is -2.08. The van der Waals surface area contributed by atoms with E-state index in [-0.39, 0.29) is 17.3 Å². The summed E-state index contributed by atoms with van der Waals surface area (Å²) in [5, 5.41) is 18.1. The molecule has 7 nitrogen and oxygen atoms in total. The van der Waals surface area contributed by atoms with Crippen LogP contribution >= 0.6 is 11.6 Å². The van der Waals surface area contributed by atoms with Crippen LogP contribution in [-0.4, -0.2) is 14.9 Å². The molecule has 0 atom stereocenters. The van der Waals surface area contributed by atoms with E-state index in [1.165, 1.54) is 6.33 Å². The summed E-state index contributed by atoms with van der Waals surface area (Å²) >= 11 is 5.86. The van der Waals surface area contributed by atoms with E-state index in [1.807, 2.05) is 31.2 Å². The van der Waals surface area contributed by atoms with Gasteiger partial charge in [0.25, 0.3) is 0 Å². The van der Waals surface area contributed by atoms with E-state index in [4.69, 9.17) is 11.6 Å². The maximum atomic E-state index is 11.6. The van der Waals surface area contributed by atoms with Crippen molar-refractivity contribution < 1.29 is 4.92 Å². The van der Waals surface area contributed by atoms with E-state index < -0.39 is 4.92 Å². The lowest BCUT2D eigenvalue weighted by atomic mass is 10.1. The number of benzene rings is 2. The van der Waals surface area contributed by atoms with Crippen LogP contribution in [0.2, 0.25) is 5.02 Å². The average molecular weight is 370 g/mol. The number of hydrogen-bond acceptors (Lipinski definition) is 6. The first-order chi connectivity index (χ1) is 12.5. The molecule has 0 radical (unpaired) electrons. The van der Waals surface area contributed by atoms with E-state index in [0.717, 1.165) is 11.1 Å². The molecule has 0 aliphatic heterocycles. The first-order valence-corrected chi connectivity index (χ1v) is 8.22. The van der Waals surface area contributed by atoms with E-state index in [1.54, 1.807) is 24.3 Å². The number of nitro groups is 1. The van der Waals surface area contributed by atoms with Crippen LogP contribution in [0, 0.1) is 17.0 Å². The van der Waals surface area contributed by atoms with Crippen LogP contribution in [0.1, 0.15) is 11.1 Å². The highest BCUT2D eigenvalue weighted by Gasteiger charge is 2.23. The molecule has 1 heterocycles. The van der Waals surface area contributed by atoms with Crippen molar-refractivity contribution in [1.29, 1.82) is 0 Å². The Morgan fingerprint density at radius 3 is 2.35 bits per heavy atom. The minimum Gasteiger partial charge on any atom is -0.360 e. The van der Waals surface area contributed by atoms with E-state index in [9.17, 15) is 10.1 Å². The van der Waals surface area contributed by atoms with Gasteiger partial charge in [0, 0.05) is 17.3 Å². The Hall–Kier alpha value is -3.19. The van der Waals surface area contributed by atoms with Gasteiger partial charge in [-0.1, -0.05) is 41.4 Å². The highest BCUT2D eigenvalue weighted by molar-refractivity contribution is 6.30. The second-order valence-corrected chi connectivity index (χ2v) is 6.08. The van der Waals surface area contributed by atoms with Crippen molar-refractivity contribution in [3.63, 3.8) is 0 Å². The summed E-state index contributed by atoms with van der Waals surface area (Å²) < 4.78 is 0.